The number of rotatable bonds is 4. The number of carbonyl (C=O) groups is 1. The van der Waals surface area contributed by atoms with Crippen molar-refractivity contribution in [3.63, 3.8) is 0 Å². The number of aromatic nitrogens is 4. The smallest absolute Gasteiger partial charge is 0.274 e. The van der Waals surface area contributed by atoms with Crippen LogP contribution in [-0.4, -0.2) is 55.8 Å². The zero-order chi connectivity index (χ0) is 18.3. The van der Waals surface area contributed by atoms with Crippen LogP contribution in [0.3, 0.4) is 0 Å². The lowest BCUT2D eigenvalue weighted by atomic mass is 10.2. The van der Waals surface area contributed by atoms with E-state index >= 15 is 0 Å². The Hall–Kier alpha value is -2.87. The van der Waals surface area contributed by atoms with Gasteiger partial charge in [0, 0.05) is 32.2 Å². The van der Waals surface area contributed by atoms with Gasteiger partial charge in [-0.2, -0.15) is 5.10 Å². The lowest BCUT2D eigenvalue weighted by Crippen LogP contribution is -2.38. The van der Waals surface area contributed by atoms with Crippen LogP contribution in [0.1, 0.15) is 22.5 Å². The summed E-state index contributed by atoms with van der Waals surface area (Å²) in [6, 6.07) is 5.69. The monoisotopic (exact) mass is 354 g/mol. The number of nitrogens with two attached hydrogens (primary N) is 1. The van der Waals surface area contributed by atoms with Crippen molar-refractivity contribution in [2.24, 2.45) is 0 Å². The van der Waals surface area contributed by atoms with E-state index in [1.807, 2.05) is 40.8 Å². The van der Waals surface area contributed by atoms with Crippen LogP contribution in [0.25, 0.3) is 5.65 Å². The first-order valence-corrected chi connectivity index (χ1v) is 8.61. The molecule has 8 heteroatoms. The average molecular weight is 354 g/mol. The van der Waals surface area contributed by atoms with Gasteiger partial charge in [-0.1, -0.05) is 0 Å². The molecular weight excluding hydrogens is 332 g/mol. The summed E-state index contributed by atoms with van der Waals surface area (Å²) in [4.78, 5) is 19.4. The molecule has 1 amide bonds. The van der Waals surface area contributed by atoms with E-state index in [1.165, 1.54) is 0 Å². The molecule has 26 heavy (non-hydrogen) atoms. The molecule has 0 saturated carbocycles. The van der Waals surface area contributed by atoms with Gasteiger partial charge in [0.05, 0.1) is 18.7 Å². The summed E-state index contributed by atoms with van der Waals surface area (Å²) in [5.74, 6) is 0.385. The van der Waals surface area contributed by atoms with E-state index in [2.05, 4.69) is 10.1 Å². The van der Waals surface area contributed by atoms with E-state index in [0.29, 0.717) is 24.6 Å². The summed E-state index contributed by atoms with van der Waals surface area (Å²) in [6.07, 6.45) is 6.29. The standard InChI is InChI=1S/C18H22N6O2/c1-12-3-5-22-11-15(20-17(22)7-12)18(25)24-10-14(26-2)8-13(24)9-23-6-4-16(19)21-23/h3-7,11,13-14H,8-10H2,1-2H3,(H2,19,21)/t13-,14-/m0/s1. The first-order valence-electron chi connectivity index (χ1n) is 8.61. The van der Waals surface area contributed by atoms with Crippen LogP contribution in [-0.2, 0) is 11.3 Å². The first kappa shape index (κ1) is 16.6. The number of aryl methyl sites for hydroxylation is 1. The van der Waals surface area contributed by atoms with E-state index in [4.69, 9.17) is 10.5 Å². The molecule has 2 N–H and O–H groups in total. The predicted molar refractivity (Wildman–Crippen MR) is 96.8 cm³/mol. The zero-order valence-corrected chi connectivity index (χ0v) is 14.9. The van der Waals surface area contributed by atoms with Crippen molar-refractivity contribution in [1.29, 1.82) is 0 Å². The molecule has 3 aromatic rings. The number of likely N-dealkylation sites (tertiary alicyclic amines) is 1. The molecule has 0 spiro atoms. The quantitative estimate of drug-likeness (QED) is 0.764. The van der Waals surface area contributed by atoms with Crippen molar-refractivity contribution >= 4 is 17.4 Å². The Kier molecular flexibility index (Phi) is 4.12. The molecule has 3 aromatic heterocycles. The van der Waals surface area contributed by atoms with Crippen molar-refractivity contribution in [3.8, 4) is 0 Å². The largest absolute Gasteiger partial charge is 0.382 e. The topological polar surface area (TPSA) is 90.7 Å². The van der Waals surface area contributed by atoms with E-state index in [-0.39, 0.29) is 18.1 Å². The molecule has 1 saturated heterocycles. The number of amides is 1. The van der Waals surface area contributed by atoms with E-state index in [1.54, 1.807) is 24.1 Å². The van der Waals surface area contributed by atoms with Gasteiger partial charge in [0.15, 0.2) is 0 Å². The number of nitrogens with zero attached hydrogens (tertiary/aromatic N) is 5. The Bertz CT molecular complexity index is 946. The SMILES string of the molecule is CO[C@H]1C[C@@H](Cn2ccc(N)n2)N(C(=O)c2cn3ccc(C)cc3n2)C1. The minimum absolute atomic E-state index is 0.0103. The maximum atomic E-state index is 13.1. The molecule has 1 aliphatic rings. The van der Waals surface area contributed by atoms with Gasteiger partial charge in [-0.25, -0.2) is 4.98 Å². The first-order chi connectivity index (χ1) is 12.5. The number of hydrogen-bond acceptors (Lipinski definition) is 5. The molecule has 0 bridgehead atoms. The second kappa shape index (κ2) is 6.45. The molecule has 0 aromatic carbocycles. The van der Waals surface area contributed by atoms with E-state index in [0.717, 1.165) is 17.6 Å². The summed E-state index contributed by atoms with van der Waals surface area (Å²) in [5.41, 5.74) is 8.02. The molecular formula is C18H22N6O2. The summed E-state index contributed by atoms with van der Waals surface area (Å²) in [7, 11) is 1.68. The molecule has 2 atom stereocenters. The third-order valence-electron chi connectivity index (χ3n) is 4.86. The zero-order valence-electron chi connectivity index (χ0n) is 14.9. The lowest BCUT2D eigenvalue weighted by Gasteiger charge is -2.23. The maximum Gasteiger partial charge on any atom is 0.274 e. The van der Waals surface area contributed by atoms with Crippen LogP contribution in [0.5, 0.6) is 0 Å². The van der Waals surface area contributed by atoms with Crippen molar-refractivity contribution < 1.29 is 9.53 Å². The fraction of sp³-hybridized carbons (Fsp3) is 0.389. The Morgan fingerprint density at radius 2 is 2.23 bits per heavy atom. The average Bonchev–Trinajstić information content (AvgIpc) is 3.32. The minimum atomic E-state index is -0.0870. The van der Waals surface area contributed by atoms with Crippen LogP contribution in [0, 0.1) is 6.92 Å². The number of imidazole rings is 1. The highest BCUT2D eigenvalue weighted by Gasteiger charge is 2.37. The third-order valence-corrected chi connectivity index (χ3v) is 4.86. The van der Waals surface area contributed by atoms with Gasteiger partial charge in [0.1, 0.15) is 17.2 Å². The molecule has 4 heterocycles. The highest BCUT2D eigenvalue weighted by atomic mass is 16.5. The number of hydrogen-bond donors (Lipinski definition) is 1. The van der Waals surface area contributed by atoms with Gasteiger partial charge in [-0.05, 0) is 37.1 Å². The van der Waals surface area contributed by atoms with E-state index in [9.17, 15) is 4.79 Å². The third kappa shape index (κ3) is 3.03. The Balaban J connectivity index is 1.60. The Labute approximate surface area is 151 Å². The van der Waals surface area contributed by atoms with Gasteiger partial charge in [-0.3, -0.25) is 9.48 Å². The molecule has 1 fully saturated rings. The highest BCUT2D eigenvalue weighted by Crippen LogP contribution is 2.24. The number of methoxy groups -OCH3 is 1. The second-order valence-corrected chi connectivity index (χ2v) is 6.76. The Morgan fingerprint density at radius 1 is 1.38 bits per heavy atom. The van der Waals surface area contributed by atoms with Crippen LogP contribution >= 0.6 is 0 Å². The summed E-state index contributed by atoms with van der Waals surface area (Å²) in [6.45, 7) is 3.13. The normalized spacial score (nSPS) is 20.2. The van der Waals surface area contributed by atoms with Crippen LogP contribution in [0.4, 0.5) is 5.82 Å². The molecule has 1 aliphatic heterocycles. The second-order valence-electron chi connectivity index (χ2n) is 6.76. The van der Waals surface area contributed by atoms with Crippen LogP contribution < -0.4 is 5.73 Å². The number of fused-ring (bicyclic) bond motifs is 1. The molecule has 8 nitrogen and oxygen atoms in total. The van der Waals surface area contributed by atoms with E-state index < -0.39 is 0 Å². The van der Waals surface area contributed by atoms with Gasteiger partial charge in [-0.15, -0.1) is 0 Å². The summed E-state index contributed by atoms with van der Waals surface area (Å²) in [5, 5.41) is 4.23. The van der Waals surface area contributed by atoms with Crippen LogP contribution in [0.15, 0.2) is 36.8 Å². The number of ether oxygens (including phenoxy) is 1. The van der Waals surface area contributed by atoms with Gasteiger partial charge >= 0.3 is 0 Å². The van der Waals surface area contributed by atoms with Gasteiger partial charge in [0.2, 0.25) is 0 Å². The van der Waals surface area contributed by atoms with Crippen molar-refractivity contribution in [2.75, 3.05) is 19.4 Å². The highest BCUT2D eigenvalue weighted by molar-refractivity contribution is 5.93. The number of nitrogen functional groups attached to an aromatic ring is 1. The molecule has 0 aliphatic carbocycles. The fourth-order valence-electron chi connectivity index (χ4n) is 3.50. The minimum Gasteiger partial charge on any atom is -0.382 e. The predicted octanol–water partition coefficient (Wildman–Crippen LogP) is 1.35. The summed E-state index contributed by atoms with van der Waals surface area (Å²) < 4.78 is 9.14. The maximum absolute atomic E-state index is 13.1. The van der Waals surface area contributed by atoms with Crippen LogP contribution in [0.2, 0.25) is 0 Å². The van der Waals surface area contributed by atoms with Crippen molar-refractivity contribution in [1.82, 2.24) is 24.1 Å². The number of carbonyl (C=O) groups excluding carboxylic acids is 1. The van der Waals surface area contributed by atoms with Crippen molar-refractivity contribution in [3.05, 3.63) is 48.0 Å². The molecule has 0 radical (unpaired) electrons. The van der Waals surface area contributed by atoms with Crippen molar-refractivity contribution in [2.45, 2.75) is 32.0 Å². The van der Waals surface area contributed by atoms with Gasteiger partial charge < -0.3 is 19.8 Å². The van der Waals surface area contributed by atoms with Gasteiger partial charge in [0.25, 0.3) is 5.91 Å². The number of anilines is 1. The molecule has 136 valence electrons. The molecule has 0 unspecified atom stereocenters. The Morgan fingerprint density at radius 3 is 2.96 bits per heavy atom. The number of pyridine rings is 1. The summed E-state index contributed by atoms with van der Waals surface area (Å²) >= 11 is 0. The lowest BCUT2D eigenvalue weighted by molar-refractivity contribution is 0.0674. The fourth-order valence-corrected chi connectivity index (χ4v) is 3.50. The molecule has 4 rings (SSSR count).